The van der Waals surface area contributed by atoms with Gasteiger partial charge in [0.15, 0.2) is 0 Å². The Morgan fingerprint density at radius 2 is 1.44 bits per heavy atom. The van der Waals surface area contributed by atoms with Gasteiger partial charge in [-0.1, -0.05) is 0 Å². The predicted octanol–water partition coefficient (Wildman–Crippen LogP) is 0.637. The summed E-state index contributed by atoms with van der Waals surface area (Å²) in [5.41, 5.74) is 0. The normalized spacial score (nSPS) is 7.78. The maximum absolute atomic E-state index is 4.99. The number of nitrogens with zero attached hydrogens (tertiary/aromatic N) is 1. The molecule has 0 unspecified atom stereocenters. The quantitative estimate of drug-likeness (QED) is 0.382. The standard InChI is InChI=1S/C8H10N/c1-3-5-7-9-8-6-4-2/h1-2H,5-8H2. The van der Waals surface area contributed by atoms with Gasteiger partial charge >= 0.3 is 0 Å². The van der Waals surface area contributed by atoms with E-state index in [0.717, 1.165) is 25.9 Å². The van der Waals surface area contributed by atoms with Gasteiger partial charge in [-0.25, -0.2) is 5.32 Å². The Kier molecular flexibility index (Phi) is 6.36. The van der Waals surface area contributed by atoms with E-state index in [1.807, 2.05) is 0 Å². The summed E-state index contributed by atoms with van der Waals surface area (Å²) >= 11 is 0. The van der Waals surface area contributed by atoms with Crippen LogP contribution >= 0.6 is 0 Å². The van der Waals surface area contributed by atoms with Crippen LogP contribution in [0.3, 0.4) is 0 Å². The van der Waals surface area contributed by atoms with Crippen LogP contribution in [0.5, 0.6) is 0 Å². The molecule has 47 valence electrons. The van der Waals surface area contributed by atoms with Crippen LogP contribution in [0, 0.1) is 24.7 Å². The molecule has 0 N–H and O–H groups in total. The van der Waals surface area contributed by atoms with Gasteiger partial charge in [0.25, 0.3) is 0 Å². The summed E-state index contributed by atoms with van der Waals surface area (Å²) in [6.07, 6.45) is 11.4. The van der Waals surface area contributed by atoms with Crippen molar-refractivity contribution in [2.75, 3.05) is 13.1 Å². The molecule has 0 aliphatic heterocycles. The monoisotopic (exact) mass is 120 g/mol. The predicted molar refractivity (Wildman–Crippen MR) is 38.8 cm³/mol. The van der Waals surface area contributed by atoms with Crippen molar-refractivity contribution in [1.82, 2.24) is 5.32 Å². The summed E-state index contributed by atoms with van der Waals surface area (Å²) in [7, 11) is 0. The minimum absolute atomic E-state index is 0.727. The molecule has 0 heterocycles. The second-order valence-electron chi connectivity index (χ2n) is 1.58. The highest BCUT2D eigenvalue weighted by Gasteiger charge is 1.82. The summed E-state index contributed by atoms with van der Waals surface area (Å²) in [5, 5.41) is 4.07. The number of rotatable bonds is 4. The number of hydrogen-bond acceptors (Lipinski definition) is 0. The van der Waals surface area contributed by atoms with Gasteiger partial charge in [-0.3, -0.25) is 0 Å². The van der Waals surface area contributed by atoms with Crippen molar-refractivity contribution in [1.29, 1.82) is 0 Å². The first-order valence-corrected chi connectivity index (χ1v) is 2.92. The zero-order valence-electron chi connectivity index (χ0n) is 5.43. The topological polar surface area (TPSA) is 14.1 Å². The first-order valence-electron chi connectivity index (χ1n) is 2.92. The van der Waals surface area contributed by atoms with E-state index < -0.39 is 0 Å². The molecular formula is C8H10N. The summed E-state index contributed by atoms with van der Waals surface area (Å²) in [5.74, 6) is 5.00. The third-order valence-electron chi connectivity index (χ3n) is 0.829. The van der Waals surface area contributed by atoms with Crippen LogP contribution in [0.4, 0.5) is 0 Å². The van der Waals surface area contributed by atoms with Gasteiger partial charge in [-0.05, 0) is 0 Å². The van der Waals surface area contributed by atoms with E-state index in [1.165, 1.54) is 0 Å². The lowest BCUT2D eigenvalue weighted by Gasteiger charge is -1.92. The minimum atomic E-state index is 0.727. The molecule has 0 aromatic heterocycles. The van der Waals surface area contributed by atoms with Crippen molar-refractivity contribution < 1.29 is 0 Å². The van der Waals surface area contributed by atoms with E-state index in [-0.39, 0.29) is 0 Å². The van der Waals surface area contributed by atoms with Crippen molar-refractivity contribution >= 4 is 0 Å². The van der Waals surface area contributed by atoms with Crippen LogP contribution in [0.2, 0.25) is 0 Å². The summed E-state index contributed by atoms with van der Waals surface area (Å²) < 4.78 is 0. The molecule has 0 saturated heterocycles. The molecule has 0 aromatic carbocycles. The lowest BCUT2D eigenvalue weighted by atomic mass is 10.4. The van der Waals surface area contributed by atoms with E-state index >= 15 is 0 Å². The van der Waals surface area contributed by atoms with E-state index in [2.05, 4.69) is 17.2 Å². The zero-order chi connectivity index (χ0) is 6.95. The average molecular weight is 120 g/mol. The van der Waals surface area contributed by atoms with Gasteiger partial charge in [0.05, 0.1) is 0 Å². The fraction of sp³-hybridized carbons (Fsp3) is 0.500. The molecule has 1 heteroatoms. The molecule has 0 spiro atoms. The average Bonchev–Trinajstić information content (AvgIpc) is 1.89. The van der Waals surface area contributed by atoms with Crippen molar-refractivity contribution in [2.45, 2.75) is 12.8 Å². The SMILES string of the molecule is C#CCC[N]CCC#C. The molecule has 0 aliphatic rings. The Morgan fingerprint density at radius 1 is 1.00 bits per heavy atom. The molecule has 0 aliphatic carbocycles. The summed E-state index contributed by atoms with van der Waals surface area (Å²) in [4.78, 5) is 0. The van der Waals surface area contributed by atoms with Gasteiger partial charge in [0, 0.05) is 25.9 Å². The summed E-state index contributed by atoms with van der Waals surface area (Å²) in [6, 6.07) is 0. The second kappa shape index (κ2) is 7.08. The molecule has 9 heavy (non-hydrogen) atoms. The van der Waals surface area contributed by atoms with Gasteiger partial charge in [-0.15, -0.1) is 24.7 Å². The maximum atomic E-state index is 4.99. The molecule has 0 saturated carbocycles. The van der Waals surface area contributed by atoms with Crippen LogP contribution in [0.25, 0.3) is 0 Å². The van der Waals surface area contributed by atoms with E-state index in [9.17, 15) is 0 Å². The Morgan fingerprint density at radius 3 is 1.78 bits per heavy atom. The fourth-order valence-electron chi connectivity index (χ4n) is 0.399. The lowest BCUT2D eigenvalue weighted by Crippen LogP contribution is -2.06. The zero-order valence-corrected chi connectivity index (χ0v) is 5.43. The van der Waals surface area contributed by atoms with Crippen LogP contribution in [0.15, 0.2) is 0 Å². The van der Waals surface area contributed by atoms with Crippen molar-refractivity contribution in [3.8, 4) is 24.7 Å². The third kappa shape index (κ3) is 7.08. The van der Waals surface area contributed by atoms with Crippen LogP contribution < -0.4 is 5.32 Å². The van der Waals surface area contributed by atoms with Crippen molar-refractivity contribution in [3.05, 3.63) is 0 Å². The molecule has 0 amide bonds. The first-order chi connectivity index (χ1) is 4.41. The molecule has 1 radical (unpaired) electrons. The van der Waals surface area contributed by atoms with Gasteiger partial charge in [-0.2, -0.15) is 0 Å². The van der Waals surface area contributed by atoms with E-state index in [4.69, 9.17) is 12.8 Å². The van der Waals surface area contributed by atoms with E-state index in [0.29, 0.717) is 0 Å². The van der Waals surface area contributed by atoms with Crippen molar-refractivity contribution in [3.63, 3.8) is 0 Å². The maximum Gasteiger partial charge on any atom is 0.0243 e. The lowest BCUT2D eigenvalue weighted by molar-refractivity contribution is 0.694. The second-order valence-corrected chi connectivity index (χ2v) is 1.58. The highest BCUT2D eigenvalue weighted by Crippen LogP contribution is 1.75. The van der Waals surface area contributed by atoms with E-state index in [1.54, 1.807) is 0 Å². The van der Waals surface area contributed by atoms with Crippen LogP contribution in [-0.2, 0) is 0 Å². The third-order valence-corrected chi connectivity index (χ3v) is 0.829. The molecule has 0 rings (SSSR count). The summed E-state index contributed by atoms with van der Waals surface area (Å²) in [6.45, 7) is 1.50. The largest absolute Gasteiger partial charge is 0.240 e. The van der Waals surface area contributed by atoms with Gasteiger partial charge < -0.3 is 0 Å². The minimum Gasteiger partial charge on any atom is -0.240 e. The molecule has 0 bridgehead atoms. The Hall–Kier alpha value is -0.920. The van der Waals surface area contributed by atoms with Crippen molar-refractivity contribution in [2.24, 2.45) is 0 Å². The fourth-order valence-corrected chi connectivity index (χ4v) is 0.399. The Bertz CT molecular complexity index is 108. The van der Waals surface area contributed by atoms with Gasteiger partial charge in [0.1, 0.15) is 0 Å². The number of hydrogen-bond donors (Lipinski definition) is 0. The number of terminal acetylenes is 2. The smallest absolute Gasteiger partial charge is 0.0243 e. The highest BCUT2D eigenvalue weighted by molar-refractivity contribution is 4.86. The van der Waals surface area contributed by atoms with Gasteiger partial charge in [0.2, 0.25) is 0 Å². The molecule has 1 nitrogen and oxygen atoms in total. The molecule has 0 fully saturated rings. The molecule has 0 aromatic rings. The van der Waals surface area contributed by atoms with Crippen LogP contribution in [0.1, 0.15) is 12.8 Å². The van der Waals surface area contributed by atoms with Crippen LogP contribution in [-0.4, -0.2) is 13.1 Å². The highest BCUT2D eigenvalue weighted by atomic mass is 14.8. The molecular weight excluding hydrogens is 110 g/mol. The first kappa shape index (κ1) is 8.08. The molecule has 0 atom stereocenters. The Labute approximate surface area is 56.8 Å². The Balaban J connectivity index is 2.79.